The van der Waals surface area contributed by atoms with Crippen molar-refractivity contribution in [3.05, 3.63) is 28.6 Å². The van der Waals surface area contributed by atoms with E-state index >= 15 is 0 Å². The first-order valence-electron chi connectivity index (χ1n) is 6.70. The van der Waals surface area contributed by atoms with Gasteiger partial charge in [-0.2, -0.15) is 18.3 Å². The van der Waals surface area contributed by atoms with E-state index in [0.717, 1.165) is 11.1 Å². The minimum atomic E-state index is -4.64. The summed E-state index contributed by atoms with van der Waals surface area (Å²) in [5, 5.41) is 9.89. The molecule has 0 spiro atoms. The molecule has 0 aliphatic heterocycles. The van der Waals surface area contributed by atoms with Crippen LogP contribution in [-0.2, 0) is 26.3 Å². The van der Waals surface area contributed by atoms with Crippen LogP contribution < -0.4 is 5.32 Å². The van der Waals surface area contributed by atoms with Gasteiger partial charge in [-0.15, -0.1) is 5.10 Å². The van der Waals surface area contributed by atoms with Crippen LogP contribution in [0.3, 0.4) is 0 Å². The number of hydrogen-bond donors (Lipinski definition) is 1. The molecule has 0 aromatic carbocycles. The maximum Gasteiger partial charge on any atom is 0.453 e. The van der Waals surface area contributed by atoms with Crippen LogP contribution >= 0.6 is 11.6 Å². The largest absolute Gasteiger partial charge is 0.453 e. The van der Waals surface area contributed by atoms with E-state index in [9.17, 15) is 18.0 Å². The van der Waals surface area contributed by atoms with E-state index in [4.69, 9.17) is 11.6 Å². The molecule has 0 saturated carbocycles. The number of rotatable bonds is 5. The van der Waals surface area contributed by atoms with Gasteiger partial charge in [-0.05, 0) is 6.42 Å². The van der Waals surface area contributed by atoms with Gasteiger partial charge in [-0.25, -0.2) is 4.98 Å². The van der Waals surface area contributed by atoms with Gasteiger partial charge in [0.25, 0.3) is 11.7 Å². The Labute approximate surface area is 134 Å². The molecule has 0 bridgehead atoms. The van der Waals surface area contributed by atoms with Crippen molar-refractivity contribution in [2.75, 3.05) is 0 Å². The third-order valence-corrected chi connectivity index (χ3v) is 3.18. The minimum absolute atomic E-state index is 0.0123. The zero-order valence-electron chi connectivity index (χ0n) is 12.4. The number of nitrogens with zero attached hydrogens (tertiary/aromatic N) is 5. The first kappa shape index (κ1) is 17.3. The van der Waals surface area contributed by atoms with Crippen molar-refractivity contribution in [1.29, 1.82) is 0 Å². The highest BCUT2D eigenvalue weighted by Crippen LogP contribution is 2.26. The summed E-state index contributed by atoms with van der Waals surface area (Å²) in [4.78, 5) is 15.4. The van der Waals surface area contributed by atoms with Crippen molar-refractivity contribution in [2.45, 2.75) is 32.6 Å². The maximum atomic E-state index is 12.5. The Morgan fingerprint density at radius 2 is 2.09 bits per heavy atom. The number of amides is 1. The van der Waals surface area contributed by atoms with Crippen LogP contribution in [-0.4, -0.2) is 30.5 Å². The third kappa shape index (κ3) is 4.01. The van der Waals surface area contributed by atoms with Crippen LogP contribution in [0.4, 0.5) is 13.2 Å². The molecule has 0 saturated heterocycles. The Morgan fingerprint density at radius 1 is 1.39 bits per heavy atom. The smallest absolute Gasteiger partial charge is 0.343 e. The molecule has 11 heteroatoms. The van der Waals surface area contributed by atoms with Crippen molar-refractivity contribution in [2.24, 2.45) is 7.05 Å². The molecule has 7 nitrogen and oxygen atoms in total. The van der Waals surface area contributed by atoms with Gasteiger partial charge >= 0.3 is 6.18 Å². The zero-order valence-corrected chi connectivity index (χ0v) is 13.1. The molecule has 0 aliphatic carbocycles. The van der Waals surface area contributed by atoms with E-state index in [0.29, 0.717) is 6.54 Å². The Kier molecular flexibility index (Phi) is 4.93. The Bertz CT molecular complexity index is 708. The molecule has 0 aliphatic rings. The lowest BCUT2D eigenvalue weighted by Crippen LogP contribution is -2.25. The summed E-state index contributed by atoms with van der Waals surface area (Å²) in [5.74, 6) is -1.88. The van der Waals surface area contributed by atoms with Crippen molar-refractivity contribution < 1.29 is 18.0 Å². The normalized spacial score (nSPS) is 11.7. The third-order valence-electron chi connectivity index (χ3n) is 2.90. The van der Waals surface area contributed by atoms with Gasteiger partial charge in [0, 0.05) is 19.8 Å². The minimum Gasteiger partial charge on any atom is -0.343 e. The fourth-order valence-electron chi connectivity index (χ4n) is 1.83. The lowest BCUT2D eigenvalue weighted by Gasteiger charge is -2.02. The molecule has 2 heterocycles. The van der Waals surface area contributed by atoms with Crippen molar-refractivity contribution in [3.63, 3.8) is 0 Å². The second kappa shape index (κ2) is 6.57. The molecule has 0 fully saturated rings. The fourth-order valence-corrected chi connectivity index (χ4v) is 2.06. The Hall–Kier alpha value is -2.10. The lowest BCUT2D eigenvalue weighted by molar-refractivity contribution is -0.145. The number of nitrogens with one attached hydrogen (secondary N) is 1. The topological polar surface area (TPSA) is 77.6 Å². The second-order valence-corrected chi connectivity index (χ2v) is 5.15. The van der Waals surface area contributed by atoms with Crippen molar-refractivity contribution in [1.82, 2.24) is 29.9 Å². The molecule has 0 radical (unpaired) electrons. The molecule has 0 unspecified atom stereocenters. The molecule has 23 heavy (non-hydrogen) atoms. The van der Waals surface area contributed by atoms with Crippen molar-refractivity contribution in [3.8, 4) is 0 Å². The summed E-state index contributed by atoms with van der Waals surface area (Å²) < 4.78 is 40.0. The number of halogens is 4. The lowest BCUT2D eigenvalue weighted by atomic mass is 10.4. The highest BCUT2D eigenvalue weighted by Gasteiger charge is 2.36. The summed E-state index contributed by atoms with van der Waals surface area (Å²) in [6, 6.07) is 0. The summed E-state index contributed by atoms with van der Waals surface area (Å²) >= 11 is 5.93. The number of carbonyl (C=O) groups excluding carboxylic acids is 1. The van der Waals surface area contributed by atoms with E-state index < -0.39 is 17.9 Å². The predicted octanol–water partition coefficient (Wildman–Crippen LogP) is 2.02. The molecular formula is C12H14ClF3N6O. The van der Waals surface area contributed by atoms with Gasteiger partial charge in [-0.3, -0.25) is 14.2 Å². The Morgan fingerprint density at radius 3 is 2.65 bits per heavy atom. The van der Waals surface area contributed by atoms with Crippen molar-refractivity contribution >= 4 is 17.5 Å². The van der Waals surface area contributed by atoms with Crippen LogP contribution in [0.15, 0.2) is 6.20 Å². The van der Waals surface area contributed by atoms with Crippen LogP contribution in [0.2, 0.25) is 5.02 Å². The second-order valence-electron chi connectivity index (χ2n) is 4.74. The maximum absolute atomic E-state index is 12.5. The van der Waals surface area contributed by atoms with Crippen LogP contribution in [0.25, 0.3) is 0 Å². The number of hydrogen-bond acceptors (Lipinski definition) is 4. The standard InChI is InChI=1S/C12H14ClF3N6O/c1-3-4-22-6-7(13)9(19-22)10(23)17-5-8-18-11(12(14,15)16)20-21(8)2/h6H,3-5H2,1-2H3,(H,17,23). The van der Waals surface area contributed by atoms with Gasteiger partial charge in [0.05, 0.1) is 11.6 Å². The molecule has 0 atom stereocenters. The molecule has 1 amide bonds. The van der Waals surface area contributed by atoms with Gasteiger partial charge < -0.3 is 5.32 Å². The molecule has 2 aromatic heterocycles. The molecule has 1 N–H and O–H groups in total. The highest BCUT2D eigenvalue weighted by atomic mass is 35.5. The Balaban J connectivity index is 2.06. The van der Waals surface area contributed by atoms with E-state index in [1.165, 1.54) is 17.9 Å². The van der Waals surface area contributed by atoms with E-state index in [1.807, 2.05) is 6.92 Å². The monoisotopic (exact) mass is 350 g/mol. The summed E-state index contributed by atoms with van der Waals surface area (Å²) in [5.41, 5.74) is 0.0123. The SMILES string of the molecule is CCCn1cc(Cl)c(C(=O)NCc2nc(C(F)(F)F)nn2C)n1. The first-order valence-corrected chi connectivity index (χ1v) is 7.08. The summed E-state index contributed by atoms with van der Waals surface area (Å²) in [6.45, 7) is 2.32. The summed E-state index contributed by atoms with van der Waals surface area (Å²) in [6.07, 6.45) is -2.30. The van der Waals surface area contributed by atoms with Crippen LogP contribution in [0.1, 0.15) is 35.5 Å². The van der Waals surface area contributed by atoms with Gasteiger partial charge in [0.2, 0.25) is 0 Å². The highest BCUT2D eigenvalue weighted by molar-refractivity contribution is 6.33. The summed E-state index contributed by atoms with van der Waals surface area (Å²) in [7, 11) is 1.31. The number of alkyl halides is 3. The fraction of sp³-hybridized carbons (Fsp3) is 0.500. The van der Waals surface area contributed by atoms with E-state index in [1.54, 1.807) is 0 Å². The molecule has 2 rings (SSSR count). The number of carbonyl (C=O) groups is 1. The number of aryl methyl sites for hydroxylation is 2. The predicted molar refractivity (Wildman–Crippen MR) is 74.7 cm³/mol. The van der Waals surface area contributed by atoms with Gasteiger partial charge in [0.15, 0.2) is 5.69 Å². The average Bonchev–Trinajstić information content (AvgIpc) is 2.99. The quantitative estimate of drug-likeness (QED) is 0.895. The first-order chi connectivity index (χ1) is 10.7. The van der Waals surface area contributed by atoms with E-state index in [-0.39, 0.29) is 23.1 Å². The van der Waals surface area contributed by atoms with Crippen LogP contribution in [0.5, 0.6) is 0 Å². The van der Waals surface area contributed by atoms with Gasteiger partial charge in [0.1, 0.15) is 5.82 Å². The zero-order chi connectivity index (χ0) is 17.2. The van der Waals surface area contributed by atoms with Gasteiger partial charge in [-0.1, -0.05) is 18.5 Å². The molecule has 126 valence electrons. The van der Waals surface area contributed by atoms with E-state index in [2.05, 4.69) is 20.5 Å². The average molecular weight is 351 g/mol. The molecule has 2 aromatic rings. The van der Waals surface area contributed by atoms with Crippen LogP contribution in [0, 0.1) is 0 Å². The molecular weight excluding hydrogens is 337 g/mol. The number of aromatic nitrogens is 5.